The number of carbonyl (C=O) groups is 1. The highest BCUT2D eigenvalue weighted by Gasteiger charge is 2.21. The molecule has 0 saturated heterocycles. The minimum absolute atomic E-state index is 0.0981. The Morgan fingerprint density at radius 1 is 1.12 bits per heavy atom. The Labute approximate surface area is 184 Å². The molecule has 3 aromatic rings. The largest absolute Gasteiger partial charge is 0.456 e. The lowest BCUT2D eigenvalue weighted by Crippen LogP contribution is -2.32. The minimum atomic E-state index is -0.574. The van der Waals surface area contributed by atoms with Crippen LogP contribution in [0, 0.1) is 39.7 Å². The van der Waals surface area contributed by atoms with Crippen LogP contribution >= 0.6 is 0 Å². The van der Waals surface area contributed by atoms with Gasteiger partial charge in [-0.25, -0.2) is 0 Å². The highest BCUT2D eigenvalue weighted by Crippen LogP contribution is 2.31. The number of aryl methyl sites for hydroxylation is 1. The number of benzene rings is 2. The number of hydrogen-bond donors (Lipinski definition) is 0. The van der Waals surface area contributed by atoms with Gasteiger partial charge in [0.05, 0.1) is 23.0 Å². The monoisotopic (exact) mass is 426 g/mol. The molecule has 158 valence electrons. The molecule has 1 aromatic heterocycles. The van der Waals surface area contributed by atoms with E-state index in [2.05, 4.69) is 0 Å². The Bertz CT molecular complexity index is 1260. The molecule has 1 heterocycles. The summed E-state index contributed by atoms with van der Waals surface area (Å²) in [5.74, 6) is -0.129. The van der Waals surface area contributed by atoms with Crippen molar-refractivity contribution in [2.24, 2.45) is 0 Å². The van der Waals surface area contributed by atoms with Crippen molar-refractivity contribution in [1.82, 2.24) is 0 Å². The van der Waals surface area contributed by atoms with Crippen molar-refractivity contribution >= 4 is 23.4 Å². The van der Waals surface area contributed by atoms with E-state index in [1.54, 1.807) is 36.4 Å². The number of furan rings is 1. The number of nitro benzene ring substituents is 1. The highest BCUT2D eigenvalue weighted by atomic mass is 16.6. The standard InChI is InChI=1S/C24H18N4O4/c1-17-7-9-19(10-8-17)27(14-4-13-25)24(29)18(16-26)15-20-11-12-23(32-20)21-5-2-3-6-22(21)28(30)31/h2-3,5-12,15H,4,14H2,1H3/b18-15-. The first-order valence-corrected chi connectivity index (χ1v) is 9.65. The number of nitro groups is 1. The molecule has 0 aliphatic carbocycles. The van der Waals surface area contributed by atoms with E-state index in [0.717, 1.165) is 5.56 Å². The second-order valence-electron chi connectivity index (χ2n) is 6.85. The summed E-state index contributed by atoms with van der Waals surface area (Å²) in [6.07, 6.45) is 1.38. The first-order valence-electron chi connectivity index (χ1n) is 9.65. The van der Waals surface area contributed by atoms with Crippen molar-refractivity contribution in [2.45, 2.75) is 13.3 Å². The van der Waals surface area contributed by atoms with Gasteiger partial charge in [0.2, 0.25) is 0 Å². The van der Waals surface area contributed by atoms with Gasteiger partial charge in [-0.2, -0.15) is 10.5 Å². The SMILES string of the molecule is Cc1ccc(N(CCC#N)C(=O)/C(C#N)=C\c2ccc(-c3ccccc3[N+](=O)[O-])o2)cc1. The summed E-state index contributed by atoms with van der Waals surface area (Å²) in [6, 6.07) is 20.3. The zero-order valence-corrected chi connectivity index (χ0v) is 17.2. The van der Waals surface area contributed by atoms with Gasteiger partial charge in [0, 0.05) is 24.4 Å². The number of nitriles is 2. The first-order chi connectivity index (χ1) is 15.4. The molecule has 2 aromatic carbocycles. The molecule has 0 aliphatic heterocycles. The molecule has 8 heteroatoms. The molecule has 0 fully saturated rings. The predicted molar refractivity (Wildman–Crippen MR) is 118 cm³/mol. The molecule has 0 N–H and O–H groups in total. The molecule has 0 atom stereocenters. The fraction of sp³-hybridized carbons (Fsp3) is 0.125. The summed E-state index contributed by atoms with van der Waals surface area (Å²) in [5, 5.41) is 29.8. The molecular weight excluding hydrogens is 408 g/mol. The van der Waals surface area contributed by atoms with Crippen LogP contribution in [0.15, 0.2) is 70.7 Å². The summed E-state index contributed by atoms with van der Waals surface area (Å²) in [6.45, 7) is 2.04. The lowest BCUT2D eigenvalue weighted by Gasteiger charge is -2.21. The van der Waals surface area contributed by atoms with E-state index in [0.29, 0.717) is 5.69 Å². The topological polar surface area (TPSA) is 124 Å². The number of amides is 1. The van der Waals surface area contributed by atoms with Gasteiger partial charge in [0.25, 0.3) is 11.6 Å². The van der Waals surface area contributed by atoms with Crippen molar-refractivity contribution in [1.29, 1.82) is 10.5 Å². The van der Waals surface area contributed by atoms with Crippen LogP contribution in [0.3, 0.4) is 0 Å². The van der Waals surface area contributed by atoms with Crippen molar-refractivity contribution in [3.63, 3.8) is 0 Å². The number of hydrogen-bond acceptors (Lipinski definition) is 6. The van der Waals surface area contributed by atoms with Crippen LogP contribution in [0.1, 0.15) is 17.7 Å². The summed E-state index contributed by atoms with van der Waals surface area (Å²) in [7, 11) is 0. The van der Waals surface area contributed by atoms with E-state index in [1.165, 1.54) is 23.1 Å². The smallest absolute Gasteiger partial charge is 0.280 e. The second-order valence-corrected chi connectivity index (χ2v) is 6.85. The van der Waals surface area contributed by atoms with Crippen LogP contribution in [-0.4, -0.2) is 17.4 Å². The summed E-state index contributed by atoms with van der Waals surface area (Å²) in [5.41, 5.74) is 1.56. The Hall–Kier alpha value is -4.69. The average molecular weight is 426 g/mol. The Balaban J connectivity index is 1.94. The van der Waals surface area contributed by atoms with E-state index < -0.39 is 10.8 Å². The van der Waals surface area contributed by atoms with Gasteiger partial charge >= 0.3 is 0 Å². The fourth-order valence-electron chi connectivity index (χ4n) is 3.08. The van der Waals surface area contributed by atoms with Gasteiger partial charge in [0.15, 0.2) is 0 Å². The van der Waals surface area contributed by atoms with Gasteiger partial charge in [-0.05, 0) is 37.3 Å². The lowest BCUT2D eigenvalue weighted by atomic mass is 10.1. The lowest BCUT2D eigenvalue weighted by molar-refractivity contribution is -0.384. The van der Waals surface area contributed by atoms with Crippen LogP contribution in [0.4, 0.5) is 11.4 Å². The molecule has 0 radical (unpaired) electrons. The zero-order chi connectivity index (χ0) is 23.1. The van der Waals surface area contributed by atoms with Crippen molar-refractivity contribution in [3.05, 3.63) is 87.7 Å². The van der Waals surface area contributed by atoms with E-state index in [1.807, 2.05) is 31.2 Å². The molecule has 8 nitrogen and oxygen atoms in total. The van der Waals surface area contributed by atoms with Crippen LogP contribution in [-0.2, 0) is 4.79 Å². The zero-order valence-electron chi connectivity index (χ0n) is 17.2. The highest BCUT2D eigenvalue weighted by molar-refractivity contribution is 6.11. The first kappa shape index (κ1) is 22.0. The Kier molecular flexibility index (Phi) is 6.79. The Morgan fingerprint density at radius 3 is 2.50 bits per heavy atom. The Morgan fingerprint density at radius 2 is 1.84 bits per heavy atom. The number of rotatable bonds is 7. The van der Waals surface area contributed by atoms with Crippen LogP contribution < -0.4 is 4.90 Å². The number of anilines is 1. The normalized spacial score (nSPS) is 10.8. The van der Waals surface area contributed by atoms with Crippen LogP contribution in [0.5, 0.6) is 0 Å². The minimum Gasteiger partial charge on any atom is -0.456 e. The third-order valence-corrected chi connectivity index (χ3v) is 4.67. The van der Waals surface area contributed by atoms with Gasteiger partial charge in [-0.15, -0.1) is 0 Å². The summed E-state index contributed by atoms with van der Waals surface area (Å²) in [4.78, 5) is 25.2. The van der Waals surface area contributed by atoms with Gasteiger partial charge in [-0.3, -0.25) is 14.9 Å². The molecule has 32 heavy (non-hydrogen) atoms. The number of nitrogens with zero attached hydrogens (tertiary/aromatic N) is 4. The molecule has 0 bridgehead atoms. The van der Waals surface area contributed by atoms with E-state index in [4.69, 9.17) is 9.68 Å². The summed E-state index contributed by atoms with van der Waals surface area (Å²) < 4.78 is 5.67. The number of para-hydroxylation sites is 1. The molecule has 0 unspecified atom stereocenters. The van der Waals surface area contributed by atoms with Crippen LogP contribution in [0.2, 0.25) is 0 Å². The van der Waals surface area contributed by atoms with E-state index in [9.17, 15) is 20.2 Å². The molecule has 0 aliphatic rings. The van der Waals surface area contributed by atoms with Crippen molar-refractivity contribution < 1.29 is 14.1 Å². The number of carbonyl (C=O) groups excluding carboxylic acids is 1. The predicted octanol–water partition coefficient (Wildman–Crippen LogP) is 5.02. The van der Waals surface area contributed by atoms with E-state index in [-0.39, 0.29) is 41.3 Å². The third-order valence-electron chi connectivity index (χ3n) is 4.67. The maximum atomic E-state index is 13.1. The van der Waals surface area contributed by atoms with E-state index >= 15 is 0 Å². The van der Waals surface area contributed by atoms with Gasteiger partial charge < -0.3 is 9.32 Å². The maximum absolute atomic E-state index is 13.1. The van der Waals surface area contributed by atoms with Crippen molar-refractivity contribution in [3.8, 4) is 23.5 Å². The van der Waals surface area contributed by atoms with Gasteiger partial charge in [0.1, 0.15) is 23.2 Å². The fourth-order valence-corrected chi connectivity index (χ4v) is 3.08. The average Bonchev–Trinajstić information content (AvgIpc) is 3.27. The molecule has 0 spiro atoms. The molecule has 1 amide bonds. The maximum Gasteiger partial charge on any atom is 0.280 e. The quantitative estimate of drug-likeness (QED) is 0.226. The molecular formula is C24H18N4O4. The molecule has 0 saturated carbocycles. The summed E-state index contributed by atoms with van der Waals surface area (Å²) >= 11 is 0. The molecule has 3 rings (SSSR count). The van der Waals surface area contributed by atoms with Crippen LogP contribution in [0.25, 0.3) is 17.4 Å². The third kappa shape index (κ3) is 4.89. The van der Waals surface area contributed by atoms with Crippen molar-refractivity contribution in [2.75, 3.05) is 11.4 Å². The van der Waals surface area contributed by atoms with Gasteiger partial charge in [-0.1, -0.05) is 29.8 Å². The second kappa shape index (κ2) is 9.88.